The highest BCUT2D eigenvalue weighted by Gasteiger charge is 2.33. The van der Waals surface area contributed by atoms with E-state index >= 15 is 0 Å². The number of ether oxygens (including phenoxy) is 2. The maximum Gasteiger partial charge on any atom is 0.227 e. The summed E-state index contributed by atoms with van der Waals surface area (Å²) in [6.07, 6.45) is -0.461. The Labute approximate surface area is 103 Å². The van der Waals surface area contributed by atoms with Crippen LogP contribution in [0.1, 0.15) is 40.5 Å². The minimum Gasteiger partial charge on any atom is -0.345 e. The van der Waals surface area contributed by atoms with Crippen LogP contribution in [0.25, 0.3) is 0 Å². The number of hydrogen-bond acceptors (Lipinski definition) is 5. The molecule has 1 aromatic heterocycles. The number of halogens is 1. The molecule has 0 aliphatic carbocycles. The zero-order valence-corrected chi connectivity index (χ0v) is 10.8. The second kappa shape index (κ2) is 4.44. The lowest BCUT2D eigenvalue weighted by molar-refractivity contribution is -0.0418. The predicted molar refractivity (Wildman–Crippen MR) is 61.0 cm³/mol. The van der Waals surface area contributed by atoms with E-state index in [0.717, 1.165) is 16.2 Å². The topological polar surface area (TPSA) is 48.4 Å². The van der Waals surface area contributed by atoms with Crippen molar-refractivity contribution >= 4 is 17.1 Å². The fourth-order valence-corrected chi connectivity index (χ4v) is 2.64. The lowest BCUT2D eigenvalue weighted by Gasteiger charge is -2.09. The highest BCUT2D eigenvalue weighted by atomic mass is 32.1. The summed E-state index contributed by atoms with van der Waals surface area (Å²) in [5, 5.41) is 0.170. The fraction of sp³-hybridized carbons (Fsp3) is 0.636. The summed E-state index contributed by atoms with van der Waals surface area (Å²) in [6.45, 7) is 5.28. The number of Topliss-reactive ketones (excluding diaryl/α,β-unsaturated/α-hetero) is 1. The molecule has 0 aromatic carbocycles. The van der Waals surface area contributed by atoms with Crippen LogP contribution in [0, 0.1) is 6.92 Å². The lowest BCUT2D eigenvalue weighted by Crippen LogP contribution is -2.25. The summed E-state index contributed by atoms with van der Waals surface area (Å²) in [4.78, 5) is 16.6. The highest BCUT2D eigenvalue weighted by Crippen LogP contribution is 2.32. The third-order valence-corrected chi connectivity index (χ3v) is 3.58. The van der Waals surface area contributed by atoms with Crippen molar-refractivity contribution in [2.75, 3.05) is 13.2 Å². The number of thiazole rings is 1. The van der Waals surface area contributed by atoms with Gasteiger partial charge >= 0.3 is 0 Å². The molecule has 17 heavy (non-hydrogen) atoms. The molecule has 1 aromatic rings. The van der Waals surface area contributed by atoms with Crippen LogP contribution in [0.3, 0.4) is 0 Å². The van der Waals surface area contributed by atoms with Gasteiger partial charge in [0.1, 0.15) is 0 Å². The van der Waals surface area contributed by atoms with Crippen molar-refractivity contribution in [1.29, 1.82) is 0 Å². The van der Waals surface area contributed by atoms with Gasteiger partial charge < -0.3 is 9.47 Å². The van der Waals surface area contributed by atoms with Crippen molar-refractivity contribution in [3.05, 3.63) is 15.6 Å². The van der Waals surface area contributed by atoms with Crippen LogP contribution < -0.4 is 0 Å². The molecule has 0 amide bonds. The van der Waals surface area contributed by atoms with Gasteiger partial charge in [0.25, 0.3) is 0 Å². The Hall–Kier alpha value is -0.850. The van der Waals surface area contributed by atoms with Gasteiger partial charge in [-0.2, -0.15) is 0 Å². The molecular formula is C11H14FNO3S. The number of hydrogen-bond donors (Lipinski definition) is 0. The summed E-state index contributed by atoms with van der Waals surface area (Å²) in [5.41, 5.74) is -1.24. The van der Waals surface area contributed by atoms with E-state index in [4.69, 9.17) is 9.47 Å². The molecule has 1 aliphatic rings. The van der Waals surface area contributed by atoms with Crippen molar-refractivity contribution in [2.24, 2.45) is 0 Å². The van der Waals surface area contributed by atoms with Crippen molar-refractivity contribution in [1.82, 2.24) is 4.98 Å². The summed E-state index contributed by atoms with van der Waals surface area (Å²) in [5.74, 6) is -0.602. The molecule has 0 N–H and O–H groups in total. The monoisotopic (exact) mass is 259 g/mol. The van der Waals surface area contributed by atoms with Crippen LogP contribution in [0.5, 0.6) is 0 Å². The average Bonchev–Trinajstić information content (AvgIpc) is 2.83. The molecule has 0 bridgehead atoms. The van der Waals surface area contributed by atoms with Gasteiger partial charge in [-0.15, -0.1) is 11.3 Å². The van der Waals surface area contributed by atoms with E-state index in [1.54, 1.807) is 6.92 Å². The molecule has 0 radical (unpaired) electrons. The number of rotatable bonds is 3. The van der Waals surface area contributed by atoms with Gasteiger partial charge in [-0.05, 0) is 20.8 Å². The molecule has 2 rings (SSSR count). The number of aromatic nitrogens is 1. The number of aryl methyl sites for hydroxylation is 1. The molecule has 0 saturated carbocycles. The van der Waals surface area contributed by atoms with E-state index in [9.17, 15) is 9.18 Å². The molecule has 0 atom stereocenters. The van der Waals surface area contributed by atoms with E-state index in [1.165, 1.54) is 13.8 Å². The molecular weight excluding hydrogens is 245 g/mol. The molecule has 1 saturated heterocycles. The maximum absolute atomic E-state index is 13.5. The largest absolute Gasteiger partial charge is 0.345 e. The Kier molecular flexibility index (Phi) is 3.29. The SMILES string of the molecule is Cc1nc(C(=O)C(C)(C)F)sc1C1OCCO1. The Morgan fingerprint density at radius 3 is 2.59 bits per heavy atom. The smallest absolute Gasteiger partial charge is 0.227 e. The first-order valence-corrected chi connectivity index (χ1v) is 6.15. The van der Waals surface area contributed by atoms with Gasteiger partial charge in [0.2, 0.25) is 5.78 Å². The minimum absolute atomic E-state index is 0.170. The van der Waals surface area contributed by atoms with Gasteiger partial charge in [0, 0.05) is 0 Å². The first kappa shape index (κ1) is 12.6. The zero-order chi connectivity index (χ0) is 12.6. The summed E-state index contributed by atoms with van der Waals surface area (Å²) in [6, 6.07) is 0. The molecule has 4 nitrogen and oxygen atoms in total. The highest BCUT2D eigenvalue weighted by molar-refractivity contribution is 7.13. The molecule has 2 heterocycles. The van der Waals surface area contributed by atoms with Gasteiger partial charge in [-0.1, -0.05) is 0 Å². The second-order valence-corrected chi connectivity index (χ2v) is 5.37. The Bertz CT molecular complexity index is 432. The third-order valence-electron chi connectivity index (χ3n) is 2.40. The fourth-order valence-electron chi connectivity index (χ4n) is 1.49. The van der Waals surface area contributed by atoms with E-state index < -0.39 is 17.7 Å². The second-order valence-electron chi connectivity index (χ2n) is 4.34. The van der Waals surface area contributed by atoms with E-state index in [1.807, 2.05) is 0 Å². The maximum atomic E-state index is 13.5. The third kappa shape index (κ3) is 2.53. The van der Waals surface area contributed by atoms with E-state index in [-0.39, 0.29) is 5.01 Å². The van der Waals surface area contributed by atoms with Gasteiger partial charge in [-0.25, -0.2) is 9.37 Å². The average molecular weight is 259 g/mol. The summed E-state index contributed by atoms with van der Waals surface area (Å²) in [7, 11) is 0. The van der Waals surface area contributed by atoms with Crippen LogP contribution in [-0.2, 0) is 9.47 Å². The molecule has 94 valence electrons. The Morgan fingerprint density at radius 1 is 1.47 bits per heavy atom. The van der Waals surface area contributed by atoms with E-state index in [0.29, 0.717) is 18.9 Å². The van der Waals surface area contributed by atoms with Gasteiger partial charge in [0.15, 0.2) is 17.0 Å². The number of nitrogens with zero attached hydrogens (tertiary/aromatic N) is 1. The Balaban J connectivity index is 2.27. The first-order chi connectivity index (χ1) is 7.89. The number of ketones is 1. The summed E-state index contributed by atoms with van der Waals surface area (Å²) >= 11 is 1.14. The molecule has 0 spiro atoms. The van der Waals surface area contributed by atoms with Gasteiger partial charge in [-0.3, -0.25) is 4.79 Å². The van der Waals surface area contributed by atoms with Crippen LogP contribution in [-0.4, -0.2) is 29.6 Å². The molecule has 1 fully saturated rings. The van der Waals surface area contributed by atoms with Crippen LogP contribution in [0.2, 0.25) is 0 Å². The number of alkyl halides is 1. The van der Waals surface area contributed by atoms with Crippen LogP contribution in [0.15, 0.2) is 0 Å². The van der Waals surface area contributed by atoms with Gasteiger partial charge in [0.05, 0.1) is 23.8 Å². The van der Waals surface area contributed by atoms with Crippen molar-refractivity contribution in [3.63, 3.8) is 0 Å². The zero-order valence-electron chi connectivity index (χ0n) is 9.95. The standard InChI is InChI=1S/C11H14FNO3S/c1-6-7(10-15-4-5-16-10)17-9(13-6)8(14)11(2,3)12/h10H,4-5H2,1-3H3. The molecule has 6 heteroatoms. The van der Waals surface area contributed by atoms with Crippen molar-refractivity contribution in [2.45, 2.75) is 32.7 Å². The van der Waals surface area contributed by atoms with Crippen molar-refractivity contribution < 1.29 is 18.7 Å². The molecule has 1 aliphatic heterocycles. The Morgan fingerprint density at radius 2 is 2.06 bits per heavy atom. The summed E-state index contributed by atoms with van der Waals surface area (Å²) < 4.78 is 24.2. The van der Waals surface area contributed by atoms with Crippen LogP contribution in [0.4, 0.5) is 4.39 Å². The normalized spacial score (nSPS) is 17.6. The quantitative estimate of drug-likeness (QED) is 0.782. The minimum atomic E-state index is -1.90. The van der Waals surface area contributed by atoms with Crippen LogP contribution >= 0.6 is 11.3 Å². The predicted octanol–water partition coefficient (Wildman–Crippen LogP) is 2.43. The van der Waals surface area contributed by atoms with Crippen molar-refractivity contribution in [3.8, 4) is 0 Å². The number of carbonyl (C=O) groups is 1. The van der Waals surface area contributed by atoms with E-state index in [2.05, 4.69) is 4.98 Å². The number of carbonyl (C=O) groups excluding carboxylic acids is 1. The lowest BCUT2D eigenvalue weighted by atomic mass is 10.1. The molecule has 0 unspecified atom stereocenters. The first-order valence-electron chi connectivity index (χ1n) is 5.34.